The van der Waals surface area contributed by atoms with Crippen LogP contribution in [0.25, 0.3) is 0 Å². The summed E-state index contributed by atoms with van der Waals surface area (Å²) in [5.41, 5.74) is 5.95. The zero-order valence-electron chi connectivity index (χ0n) is 10.2. The first-order valence-corrected chi connectivity index (χ1v) is 5.99. The van der Waals surface area contributed by atoms with E-state index in [2.05, 4.69) is 5.32 Å². The van der Waals surface area contributed by atoms with Crippen molar-refractivity contribution in [2.75, 3.05) is 19.7 Å². The van der Waals surface area contributed by atoms with Crippen LogP contribution in [0.4, 0.5) is 0 Å². The van der Waals surface area contributed by atoms with Gasteiger partial charge in [-0.3, -0.25) is 4.79 Å². The van der Waals surface area contributed by atoms with Crippen molar-refractivity contribution < 1.29 is 9.53 Å². The Kier molecular flexibility index (Phi) is 6.10. The lowest BCUT2D eigenvalue weighted by Gasteiger charge is -2.10. The van der Waals surface area contributed by atoms with Gasteiger partial charge in [0.25, 0.3) is 5.91 Å². The van der Waals surface area contributed by atoms with Crippen molar-refractivity contribution in [3.05, 3.63) is 29.8 Å². The summed E-state index contributed by atoms with van der Waals surface area (Å²) in [4.78, 5) is 11.9. The second kappa shape index (κ2) is 7.68. The molecule has 0 unspecified atom stereocenters. The maximum absolute atomic E-state index is 11.9. The molecule has 0 heterocycles. The van der Waals surface area contributed by atoms with E-state index < -0.39 is 0 Å². The lowest BCUT2D eigenvalue weighted by molar-refractivity contribution is 0.0949. The highest BCUT2D eigenvalue weighted by Crippen LogP contribution is 2.17. The van der Waals surface area contributed by atoms with Crippen LogP contribution in [0.3, 0.4) is 0 Å². The molecule has 3 N–H and O–H groups in total. The summed E-state index contributed by atoms with van der Waals surface area (Å²) in [6, 6.07) is 7.27. The van der Waals surface area contributed by atoms with Crippen LogP contribution >= 0.6 is 0 Å². The Labute approximate surface area is 102 Å². The summed E-state index contributed by atoms with van der Waals surface area (Å²) in [5, 5.41) is 2.82. The van der Waals surface area contributed by atoms with E-state index in [4.69, 9.17) is 10.5 Å². The number of ether oxygens (including phenoxy) is 1. The molecule has 1 amide bonds. The fraction of sp³-hybridized carbons (Fsp3) is 0.462. The lowest BCUT2D eigenvalue weighted by Crippen LogP contribution is -2.26. The minimum absolute atomic E-state index is 0.106. The number of hydrogen-bond donors (Lipinski definition) is 2. The molecule has 4 nitrogen and oxygen atoms in total. The second-order valence-corrected chi connectivity index (χ2v) is 3.74. The van der Waals surface area contributed by atoms with Crippen LogP contribution in [-0.4, -0.2) is 25.6 Å². The summed E-state index contributed by atoms with van der Waals surface area (Å²) in [6.07, 6.45) is 1.70. The quantitative estimate of drug-likeness (QED) is 0.706. The van der Waals surface area contributed by atoms with Crippen LogP contribution in [0, 0.1) is 0 Å². The van der Waals surface area contributed by atoms with E-state index in [0.29, 0.717) is 31.0 Å². The van der Waals surface area contributed by atoms with Gasteiger partial charge in [0.2, 0.25) is 0 Å². The molecular formula is C13H20N2O2. The first-order chi connectivity index (χ1) is 8.29. The first-order valence-electron chi connectivity index (χ1n) is 5.99. The van der Waals surface area contributed by atoms with Gasteiger partial charge in [0.15, 0.2) is 0 Å². The number of carbonyl (C=O) groups is 1. The minimum atomic E-state index is -0.106. The van der Waals surface area contributed by atoms with E-state index in [0.717, 1.165) is 12.8 Å². The molecule has 4 heteroatoms. The van der Waals surface area contributed by atoms with Crippen molar-refractivity contribution in [2.45, 2.75) is 19.8 Å². The van der Waals surface area contributed by atoms with Gasteiger partial charge in [0.1, 0.15) is 5.75 Å². The monoisotopic (exact) mass is 236 g/mol. The van der Waals surface area contributed by atoms with Gasteiger partial charge in [-0.1, -0.05) is 19.1 Å². The van der Waals surface area contributed by atoms with Crippen molar-refractivity contribution in [2.24, 2.45) is 5.73 Å². The predicted molar refractivity (Wildman–Crippen MR) is 68.2 cm³/mol. The lowest BCUT2D eigenvalue weighted by atomic mass is 10.2. The molecule has 0 aromatic heterocycles. The molecule has 0 aliphatic carbocycles. The predicted octanol–water partition coefficient (Wildman–Crippen LogP) is 1.55. The van der Waals surface area contributed by atoms with Gasteiger partial charge in [-0.25, -0.2) is 0 Å². The Balaban J connectivity index is 2.64. The van der Waals surface area contributed by atoms with Crippen LogP contribution in [0.15, 0.2) is 24.3 Å². The fourth-order valence-corrected chi connectivity index (χ4v) is 1.39. The third kappa shape index (κ3) is 4.44. The molecule has 94 valence electrons. The van der Waals surface area contributed by atoms with Gasteiger partial charge >= 0.3 is 0 Å². The second-order valence-electron chi connectivity index (χ2n) is 3.74. The van der Waals surface area contributed by atoms with E-state index in [1.165, 1.54) is 0 Å². The molecule has 0 atom stereocenters. The molecule has 0 fully saturated rings. The molecule has 0 radical (unpaired) electrons. The largest absolute Gasteiger partial charge is 0.493 e. The van der Waals surface area contributed by atoms with E-state index in [-0.39, 0.29) is 5.91 Å². The smallest absolute Gasteiger partial charge is 0.255 e. The van der Waals surface area contributed by atoms with Gasteiger partial charge in [-0.2, -0.15) is 0 Å². The fourth-order valence-electron chi connectivity index (χ4n) is 1.39. The SMILES string of the molecule is CCCOc1ccccc1C(=O)NCCCN. The van der Waals surface area contributed by atoms with Gasteiger partial charge in [0.05, 0.1) is 12.2 Å². The Morgan fingerprint density at radius 2 is 2.18 bits per heavy atom. The summed E-state index contributed by atoms with van der Waals surface area (Å²) >= 11 is 0. The molecule has 0 spiro atoms. The van der Waals surface area contributed by atoms with E-state index in [9.17, 15) is 4.79 Å². The van der Waals surface area contributed by atoms with E-state index in [1.807, 2.05) is 25.1 Å². The first kappa shape index (κ1) is 13.5. The number of rotatable bonds is 7. The standard InChI is InChI=1S/C13H20N2O2/c1-2-10-17-12-7-4-3-6-11(12)13(16)15-9-5-8-14/h3-4,6-7H,2,5,8-10,14H2,1H3,(H,15,16). The number of nitrogens with two attached hydrogens (primary N) is 1. The van der Waals surface area contributed by atoms with Crippen molar-refractivity contribution in [3.8, 4) is 5.75 Å². The average Bonchev–Trinajstić information content (AvgIpc) is 2.37. The highest BCUT2D eigenvalue weighted by Gasteiger charge is 2.10. The molecule has 0 saturated heterocycles. The molecule has 1 aromatic carbocycles. The average molecular weight is 236 g/mol. The zero-order chi connectivity index (χ0) is 12.5. The maximum atomic E-state index is 11.9. The summed E-state index contributed by atoms with van der Waals surface area (Å²) in [6.45, 7) is 3.82. The van der Waals surface area contributed by atoms with Gasteiger partial charge in [0, 0.05) is 6.54 Å². The summed E-state index contributed by atoms with van der Waals surface area (Å²) in [7, 11) is 0. The normalized spacial score (nSPS) is 10.0. The van der Waals surface area contributed by atoms with Crippen LogP contribution < -0.4 is 15.8 Å². The van der Waals surface area contributed by atoms with Crippen molar-refractivity contribution >= 4 is 5.91 Å². The highest BCUT2D eigenvalue weighted by molar-refractivity contribution is 5.96. The van der Waals surface area contributed by atoms with Crippen LogP contribution in [0.2, 0.25) is 0 Å². The van der Waals surface area contributed by atoms with E-state index in [1.54, 1.807) is 6.07 Å². The zero-order valence-corrected chi connectivity index (χ0v) is 10.2. The highest BCUT2D eigenvalue weighted by atomic mass is 16.5. The number of benzene rings is 1. The number of carbonyl (C=O) groups excluding carboxylic acids is 1. The van der Waals surface area contributed by atoms with Gasteiger partial charge in [-0.15, -0.1) is 0 Å². The number of para-hydroxylation sites is 1. The van der Waals surface area contributed by atoms with Crippen LogP contribution in [0.5, 0.6) is 5.75 Å². The number of amides is 1. The third-order valence-corrected chi connectivity index (χ3v) is 2.26. The van der Waals surface area contributed by atoms with Crippen molar-refractivity contribution in [3.63, 3.8) is 0 Å². The molecular weight excluding hydrogens is 216 g/mol. The van der Waals surface area contributed by atoms with Crippen LogP contribution in [-0.2, 0) is 0 Å². The molecule has 0 aliphatic heterocycles. The topological polar surface area (TPSA) is 64.3 Å². The summed E-state index contributed by atoms with van der Waals surface area (Å²) in [5.74, 6) is 0.532. The van der Waals surface area contributed by atoms with Gasteiger partial charge < -0.3 is 15.8 Å². The molecule has 0 bridgehead atoms. The van der Waals surface area contributed by atoms with Crippen molar-refractivity contribution in [1.29, 1.82) is 0 Å². The van der Waals surface area contributed by atoms with Crippen molar-refractivity contribution in [1.82, 2.24) is 5.32 Å². The Morgan fingerprint density at radius 3 is 2.88 bits per heavy atom. The molecule has 0 saturated carbocycles. The molecule has 1 rings (SSSR count). The molecule has 1 aromatic rings. The third-order valence-electron chi connectivity index (χ3n) is 2.26. The van der Waals surface area contributed by atoms with Gasteiger partial charge in [-0.05, 0) is 31.5 Å². The summed E-state index contributed by atoms with van der Waals surface area (Å²) < 4.78 is 5.53. The minimum Gasteiger partial charge on any atom is -0.493 e. The number of hydrogen-bond acceptors (Lipinski definition) is 3. The Morgan fingerprint density at radius 1 is 1.41 bits per heavy atom. The maximum Gasteiger partial charge on any atom is 0.255 e. The number of nitrogens with one attached hydrogen (secondary N) is 1. The van der Waals surface area contributed by atoms with E-state index >= 15 is 0 Å². The molecule has 0 aliphatic rings. The Hall–Kier alpha value is -1.55. The van der Waals surface area contributed by atoms with Crippen LogP contribution in [0.1, 0.15) is 30.1 Å². The molecule has 17 heavy (non-hydrogen) atoms. The Bertz CT molecular complexity index is 353.